The summed E-state index contributed by atoms with van der Waals surface area (Å²) in [5.41, 5.74) is 3.41. The molecule has 3 heteroatoms. The van der Waals surface area contributed by atoms with Crippen molar-refractivity contribution in [1.29, 1.82) is 5.26 Å². The molecule has 0 amide bonds. The Kier molecular flexibility index (Phi) is 6.07. The van der Waals surface area contributed by atoms with Crippen molar-refractivity contribution in [1.82, 2.24) is 0 Å². The molecule has 25 heavy (non-hydrogen) atoms. The number of aryl methyl sites for hydroxylation is 2. The van der Waals surface area contributed by atoms with Gasteiger partial charge in [0.25, 0.3) is 0 Å². The van der Waals surface area contributed by atoms with Crippen molar-refractivity contribution in [2.24, 2.45) is 0 Å². The van der Waals surface area contributed by atoms with Gasteiger partial charge in [-0.3, -0.25) is 0 Å². The second-order valence-electron chi connectivity index (χ2n) is 6.38. The lowest BCUT2D eigenvalue weighted by Crippen LogP contribution is -1.85. The van der Waals surface area contributed by atoms with Crippen molar-refractivity contribution in [2.45, 2.75) is 46.0 Å². The standard InChI is InChI=1S/C22H23NS2/c1-3-4-5-6-7-19-14-16(2)24-22(19)21-13-12-20(25-21)18-10-8-17(15-23)9-11-18/h8-14H,3-7H2,1-2H3. The summed E-state index contributed by atoms with van der Waals surface area (Å²) in [7, 11) is 0. The number of nitriles is 1. The Labute approximate surface area is 158 Å². The molecule has 0 aliphatic heterocycles. The molecular formula is C22H23NS2. The molecule has 0 fully saturated rings. The lowest BCUT2D eigenvalue weighted by atomic mass is 10.1. The van der Waals surface area contributed by atoms with E-state index >= 15 is 0 Å². The monoisotopic (exact) mass is 365 g/mol. The summed E-state index contributed by atoms with van der Waals surface area (Å²) in [6.07, 6.45) is 6.41. The van der Waals surface area contributed by atoms with Gasteiger partial charge in [0.05, 0.1) is 11.6 Å². The Bertz CT molecular complexity index is 862. The molecular weight excluding hydrogens is 342 g/mol. The molecule has 3 aromatic rings. The smallest absolute Gasteiger partial charge is 0.0991 e. The molecule has 128 valence electrons. The highest BCUT2D eigenvalue weighted by atomic mass is 32.1. The average Bonchev–Trinajstić information content (AvgIpc) is 3.25. The first kappa shape index (κ1) is 17.9. The van der Waals surface area contributed by atoms with Gasteiger partial charge < -0.3 is 0 Å². The van der Waals surface area contributed by atoms with Gasteiger partial charge in [-0.25, -0.2) is 0 Å². The van der Waals surface area contributed by atoms with Gasteiger partial charge >= 0.3 is 0 Å². The largest absolute Gasteiger partial charge is 0.192 e. The van der Waals surface area contributed by atoms with Crippen molar-refractivity contribution < 1.29 is 0 Å². The third-order valence-electron chi connectivity index (χ3n) is 4.36. The van der Waals surface area contributed by atoms with Crippen LogP contribution in [0.2, 0.25) is 0 Å². The lowest BCUT2D eigenvalue weighted by molar-refractivity contribution is 0.668. The van der Waals surface area contributed by atoms with Crippen molar-refractivity contribution in [3.05, 3.63) is 58.5 Å². The normalized spacial score (nSPS) is 10.8. The van der Waals surface area contributed by atoms with Crippen LogP contribution in [-0.4, -0.2) is 0 Å². The fourth-order valence-electron chi connectivity index (χ4n) is 3.03. The zero-order valence-electron chi connectivity index (χ0n) is 14.8. The number of benzene rings is 1. The van der Waals surface area contributed by atoms with E-state index < -0.39 is 0 Å². The molecule has 0 N–H and O–H groups in total. The number of rotatable bonds is 7. The second-order valence-corrected chi connectivity index (χ2v) is 8.72. The van der Waals surface area contributed by atoms with Crippen LogP contribution in [0.1, 0.15) is 48.6 Å². The van der Waals surface area contributed by atoms with Crippen molar-refractivity contribution in [3.63, 3.8) is 0 Å². The number of hydrogen-bond acceptors (Lipinski definition) is 3. The summed E-state index contributed by atoms with van der Waals surface area (Å²) in [6.45, 7) is 4.47. The summed E-state index contributed by atoms with van der Waals surface area (Å²) in [4.78, 5) is 5.47. The van der Waals surface area contributed by atoms with E-state index in [1.165, 1.54) is 62.7 Å². The minimum absolute atomic E-state index is 0.712. The van der Waals surface area contributed by atoms with Crippen LogP contribution in [0.5, 0.6) is 0 Å². The fraction of sp³-hybridized carbons (Fsp3) is 0.318. The van der Waals surface area contributed by atoms with E-state index in [-0.39, 0.29) is 0 Å². The molecule has 0 spiro atoms. The van der Waals surface area contributed by atoms with Gasteiger partial charge in [-0.05, 0) is 61.2 Å². The van der Waals surface area contributed by atoms with Crippen LogP contribution in [-0.2, 0) is 6.42 Å². The third kappa shape index (κ3) is 4.39. The summed E-state index contributed by atoms with van der Waals surface area (Å²) >= 11 is 3.76. The van der Waals surface area contributed by atoms with Crippen LogP contribution in [0.15, 0.2) is 42.5 Å². The molecule has 0 radical (unpaired) electrons. The minimum Gasteiger partial charge on any atom is -0.192 e. The first-order valence-electron chi connectivity index (χ1n) is 8.91. The maximum atomic E-state index is 8.94. The van der Waals surface area contributed by atoms with E-state index in [9.17, 15) is 0 Å². The molecule has 0 saturated heterocycles. The van der Waals surface area contributed by atoms with Crippen molar-refractivity contribution in [2.75, 3.05) is 0 Å². The van der Waals surface area contributed by atoms with Crippen molar-refractivity contribution in [3.8, 4) is 26.3 Å². The van der Waals surface area contributed by atoms with Gasteiger partial charge in [-0.1, -0.05) is 38.3 Å². The predicted molar refractivity (Wildman–Crippen MR) is 110 cm³/mol. The zero-order valence-corrected chi connectivity index (χ0v) is 16.5. The van der Waals surface area contributed by atoms with Gasteiger partial charge in [0.2, 0.25) is 0 Å². The quantitative estimate of drug-likeness (QED) is 0.399. The average molecular weight is 366 g/mol. The molecule has 1 nitrogen and oxygen atoms in total. The highest BCUT2D eigenvalue weighted by Crippen LogP contribution is 2.40. The van der Waals surface area contributed by atoms with Gasteiger partial charge in [0.1, 0.15) is 0 Å². The van der Waals surface area contributed by atoms with Crippen molar-refractivity contribution >= 4 is 22.7 Å². The van der Waals surface area contributed by atoms with Gasteiger partial charge in [0, 0.05) is 19.5 Å². The predicted octanol–water partition coefficient (Wildman–Crippen LogP) is 7.45. The van der Waals surface area contributed by atoms with Crippen LogP contribution in [0.4, 0.5) is 0 Å². The zero-order chi connectivity index (χ0) is 17.6. The van der Waals surface area contributed by atoms with E-state index in [0.717, 1.165) is 0 Å². The van der Waals surface area contributed by atoms with Crippen LogP contribution in [0.25, 0.3) is 20.2 Å². The SMILES string of the molecule is CCCCCCc1cc(C)sc1-c1ccc(-c2ccc(C#N)cc2)s1. The maximum absolute atomic E-state index is 8.94. The Balaban J connectivity index is 1.80. The first-order chi connectivity index (χ1) is 12.2. The van der Waals surface area contributed by atoms with E-state index in [1.54, 1.807) is 0 Å². The molecule has 0 aliphatic carbocycles. The van der Waals surface area contributed by atoms with E-state index in [4.69, 9.17) is 5.26 Å². The Morgan fingerprint density at radius 1 is 0.920 bits per heavy atom. The number of hydrogen-bond donors (Lipinski definition) is 0. The highest BCUT2D eigenvalue weighted by molar-refractivity contribution is 7.24. The highest BCUT2D eigenvalue weighted by Gasteiger charge is 2.12. The Morgan fingerprint density at radius 3 is 2.40 bits per heavy atom. The molecule has 0 aliphatic rings. The summed E-state index contributed by atoms with van der Waals surface area (Å²) in [5.74, 6) is 0. The topological polar surface area (TPSA) is 23.8 Å². The molecule has 0 bridgehead atoms. The fourth-order valence-corrected chi connectivity index (χ4v) is 5.25. The molecule has 0 saturated carbocycles. The summed E-state index contributed by atoms with van der Waals surface area (Å²) < 4.78 is 0. The summed E-state index contributed by atoms with van der Waals surface area (Å²) in [5, 5.41) is 8.94. The van der Waals surface area contributed by atoms with Gasteiger partial charge in [-0.2, -0.15) is 5.26 Å². The lowest BCUT2D eigenvalue weighted by Gasteiger charge is -2.02. The molecule has 0 atom stereocenters. The maximum Gasteiger partial charge on any atom is 0.0991 e. The molecule has 2 heterocycles. The number of unbranched alkanes of at least 4 members (excludes halogenated alkanes) is 3. The summed E-state index contributed by atoms with van der Waals surface area (Å²) in [6, 6.07) is 16.9. The molecule has 2 aromatic heterocycles. The van der Waals surface area contributed by atoms with Crippen LogP contribution >= 0.6 is 22.7 Å². The van der Waals surface area contributed by atoms with E-state index in [2.05, 4.69) is 38.1 Å². The second kappa shape index (κ2) is 8.47. The number of nitrogens with zero attached hydrogens (tertiary/aromatic N) is 1. The molecule has 0 unspecified atom stereocenters. The minimum atomic E-state index is 0.712. The van der Waals surface area contributed by atoms with Crippen LogP contribution in [0, 0.1) is 18.3 Å². The van der Waals surface area contributed by atoms with Crippen LogP contribution < -0.4 is 0 Å². The molecule has 1 aromatic carbocycles. The van der Waals surface area contributed by atoms with E-state index in [0.29, 0.717) is 5.56 Å². The van der Waals surface area contributed by atoms with Gasteiger partial charge in [-0.15, -0.1) is 22.7 Å². The van der Waals surface area contributed by atoms with Crippen LogP contribution in [0.3, 0.4) is 0 Å². The Hall–Kier alpha value is -1.89. The number of thiophene rings is 2. The Morgan fingerprint density at radius 2 is 1.68 bits per heavy atom. The first-order valence-corrected chi connectivity index (χ1v) is 10.5. The van der Waals surface area contributed by atoms with E-state index in [1.807, 2.05) is 46.9 Å². The van der Waals surface area contributed by atoms with Gasteiger partial charge in [0.15, 0.2) is 0 Å². The molecule has 3 rings (SSSR count). The third-order valence-corrected chi connectivity index (χ3v) is 6.77.